The van der Waals surface area contributed by atoms with Crippen LogP contribution in [0.1, 0.15) is 21.5 Å². The number of rotatable bonds is 6. The molecule has 0 bridgehead atoms. The first-order valence-corrected chi connectivity index (χ1v) is 11.6. The molecule has 0 unspecified atom stereocenters. The molecule has 0 N–H and O–H groups in total. The molecule has 5 rings (SSSR count). The van der Waals surface area contributed by atoms with Crippen molar-refractivity contribution in [3.63, 3.8) is 0 Å². The molecule has 3 aromatic carbocycles. The third-order valence-corrected chi connectivity index (χ3v) is 6.25. The van der Waals surface area contributed by atoms with Crippen molar-refractivity contribution < 1.29 is 13.9 Å². The van der Waals surface area contributed by atoms with Gasteiger partial charge in [-0.05, 0) is 53.6 Å². The quantitative estimate of drug-likeness (QED) is 0.317. The van der Waals surface area contributed by atoms with Gasteiger partial charge in [-0.25, -0.2) is 23.5 Å². The number of methoxy groups -OCH3 is 1. The fourth-order valence-electron chi connectivity index (χ4n) is 4.19. The molecule has 0 saturated carbocycles. The molecule has 0 atom stereocenters. The Balaban J connectivity index is 1.74. The lowest BCUT2D eigenvalue weighted by molar-refractivity contribution is 0.0599. The molecule has 8 nitrogen and oxygen atoms in total. The third-order valence-electron chi connectivity index (χ3n) is 6.00. The van der Waals surface area contributed by atoms with Crippen LogP contribution in [0, 0.1) is 5.82 Å². The Morgan fingerprint density at radius 2 is 1.68 bits per heavy atom. The number of nitrogens with zero attached hydrogens (tertiary/aromatic N) is 4. The van der Waals surface area contributed by atoms with Gasteiger partial charge in [0.2, 0.25) is 0 Å². The van der Waals surface area contributed by atoms with Crippen LogP contribution in [0.5, 0.6) is 0 Å². The van der Waals surface area contributed by atoms with E-state index in [2.05, 4.69) is 4.98 Å². The number of benzene rings is 3. The Morgan fingerprint density at radius 1 is 0.973 bits per heavy atom. The van der Waals surface area contributed by atoms with Gasteiger partial charge in [0.1, 0.15) is 5.82 Å². The predicted molar refractivity (Wildman–Crippen MR) is 137 cm³/mol. The van der Waals surface area contributed by atoms with E-state index in [4.69, 9.17) is 16.3 Å². The highest BCUT2D eigenvalue weighted by atomic mass is 35.5. The summed E-state index contributed by atoms with van der Waals surface area (Å²) in [6.45, 7) is 0.0534. The lowest BCUT2D eigenvalue weighted by Crippen LogP contribution is -2.40. The molecular weight excluding hydrogens is 499 g/mol. The van der Waals surface area contributed by atoms with Gasteiger partial charge in [-0.2, -0.15) is 0 Å². The normalized spacial score (nSPS) is 11.1. The van der Waals surface area contributed by atoms with Crippen LogP contribution in [-0.2, 0) is 17.8 Å². The van der Waals surface area contributed by atoms with Crippen LogP contribution in [0.15, 0.2) is 88.7 Å². The number of fused-ring (bicyclic) bond motifs is 1. The average Bonchev–Trinajstić information content (AvgIpc) is 3.32. The van der Waals surface area contributed by atoms with E-state index in [0.29, 0.717) is 27.4 Å². The van der Waals surface area contributed by atoms with Crippen LogP contribution in [0.3, 0.4) is 0 Å². The maximum atomic E-state index is 13.7. The number of hydrogen-bond donors (Lipinski definition) is 0. The number of ether oxygens (including phenoxy) is 1. The van der Waals surface area contributed by atoms with Crippen molar-refractivity contribution in [3.05, 3.63) is 127 Å². The van der Waals surface area contributed by atoms with E-state index in [0.717, 1.165) is 4.57 Å². The van der Waals surface area contributed by atoms with Crippen molar-refractivity contribution in [1.29, 1.82) is 0 Å². The highest BCUT2D eigenvalue weighted by Crippen LogP contribution is 2.19. The van der Waals surface area contributed by atoms with Crippen molar-refractivity contribution in [2.45, 2.75) is 13.1 Å². The molecule has 0 aliphatic heterocycles. The van der Waals surface area contributed by atoms with Gasteiger partial charge >= 0.3 is 11.7 Å². The smallest absolute Gasteiger partial charge is 0.338 e. The van der Waals surface area contributed by atoms with Crippen LogP contribution < -0.4 is 11.2 Å². The second kappa shape index (κ2) is 9.87. The fourth-order valence-corrected chi connectivity index (χ4v) is 4.31. The Bertz CT molecular complexity index is 1740. The summed E-state index contributed by atoms with van der Waals surface area (Å²) in [5.74, 6) is -0.931. The van der Waals surface area contributed by atoms with Gasteiger partial charge in [0.15, 0.2) is 11.2 Å². The highest BCUT2D eigenvalue weighted by Gasteiger charge is 2.21. The molecule has 37 heavy (non-hydrogen) atoms. The van der Waals surface area contributed by atoms with Crippen molar-refractivity contribution in [1.82, 2.24) is 18.7 Å². The monoisotopic (exact) mass is 518 g/mol. The van der Waals surface area contributed by atoms with Gasteiger partial charge in [0.25, 0.3) is 5.56 Å². The van der Waals surface area contributed by atoms with E-state index < -0.39 is 23.0 Å². The maximum Gasteiger partial charge on any atom is 0.338 e. The number of halogens is 2. The molecule has 5 aromatic rings. The average molecular weight is 519 g/mol. The zero-order valence-corrected chi connectivity index (χ0v) is 20.4. The summed E-state index contributed by atoms with van der Waals surface area (Å²) in [5.41, 5.74) is 1.15. The fraction of sp³-hybridized carbons (Fsp3) is 0.111. The van der Waals surface area contributed by atoms with Crippen LogP contribution in [0.4, 0.5) is 4.39 Å². The van der Waals surface area contributed by atoms with Crippen molar-refractivity contribution in [3.8, 4) is 5.69 Å². The van der Waals surface area contributed by atoms with E-state index >= 15 is 0 Å². The van der Waals surface area contributed by atoms with E-state index in [1.165, 1.54) is 42.3 Å². The van der Waals surface area contributed by atoms with Gasteiger partial charge in [-0.3, -0.25) is 9.36 Å². The summed E-state index contributed by atoms with van der Waals surface area (Å²) >= 11 is 6.05. The second-order valence-corrected chi connectivity index (χ2v) is 8.74. The number of carbonyl (C=O) groups excluding carboxylic acids is 1. The highest BCUT2D eigenvalue weighted by molar-refractivity contribution is 6.30. The first-order valence-electron chi connectivity index (χ1n) is 11.2. The minimum Gasteiger partial charge on any atom is -0.465 e. The molecule has 0 radical (unpaired) electrons. The molecule has 0 amide bonds. The maximum absolute atomic E-state index is 13.7. The summed E-state index contributed by atoms with van der Waals surface area (Å²) in [5, 5.41) is 0.484. The number of esters is 1. The van der Waals surface area contributed by atoms with Crippen LogP contribution in [-0.4, -0.2) is 31.8 Å². The third kappa shape index (κ3) is 4.56. The largest absolute Gasteiger partial charge is 0.465 e. The van der Waals surface area contributed by atoms with Gasteiger partial charge in [-0.1, -0.05) is 41.9 Å². The Labute approximate surface area is 214 Å². The summed E-state index contributed by atoms with van der Waals surface area (Å²) < 4.78 is 22.3. The molecule has 186 valence electrons. The Kier molecular flexibility index (Phi) is 6.45. The molecule has 0 aliphatic rings. The van der Waals surface area contributed by atoms with E-state index in [9.17, 15) is 18.8 Å². The van der Waals surface area contributed by atoms with Crippen LogP contribution >= 0.6 is 11.6 Å². The topological polar surface area (TPSA) is 88.1 Å². The van der Waals surface area contributed by atoms with E-state index in [-0.39, 0.29) is 24.3 Å². The zero-order valence-electron chi connectivity index (χ0n) is 19.6. The van der Waals surface area contributed by atoms with Gasteiger partial charge < -0.3 is 9.30 Å². The molecular formula is C27H20ClFN4O4. The minimum absolute atomic E-state index is 0.0780. The summed E-state index contributed by atoms with van der Waals surface area (Å²) in [7, 11) is 1.30. The SMILES string of the molecule is COC(=O)c1ccccc1Cn1cnc2c1c(=O)n(Cc1ccc(F)cc1)c(=O)n2-c1ccc(Cl)cc1. The zero-order chi connectivity index (χ0) is 26.1. The van der Waals surface area contributed by atoms with Crippen molar-refractivity contribution in [2.24, 2.45) is 0 Å². The van der Waals surface area contributed by atoms with Gasteiger partial charge in [0.05, 0.1) is 37.8 Å². The summed E-state index contributed by atoms with van der Waals surface area (Å²) in [4.78, 5) is 44.0. The molecule has 2 heterocycles. The molecule has 0 aliphatic carbocycles. The predicted octanol–water partition coefficient (Wildman–Crippen LogP) is 4.02. The number of imidazole rings is 1. The minimum atomic E-state index is -0.607. The Hall–Kier alpha value is -4.50. The standard InChI is InChI=1S/C27H20ClFN4O4/c1-37-26(35)22-5-3-2-4-18(22)15-31-16-30-24-23(31)25(34)32(14-17-6-10-20(29)11-7-17)27(36)33(24)21-12-8-19(28)9-13-21/h2-13,16H,14-15H2,1H3. The van der Waals surface area contributed by atoms with E-state index in [1.807, 2.05) is 0 Å². The first kappa shape index (κ1) is 24.2. The van der Waals surface area contributed by atoms with E-state index in [1.54, 1.807) is 53.1 Å². The van der Waals surface area contributed by atoms with Crippen LogP contribution in [0.2, 0.25) is 5.02 Å². The second-order valence-electron chi connectivity index (χ2n) is 8.31. The lowest BCUT2D eigenvalue weighted by atomic mass is 10.1. The number of carbonyl (C=O) groups is 1. The Morgan fingerprint density at radius 3 is 2.38 bits per heavy atom. The number of aromatic nitrogens is 4. The molecule has 0 fully saturated rings. The van der Waals surface area contributed by atoms with Crippen molar-refractivity contribution in [2.75, 3.05) is 7.11 Å². The summed E-state index contributed by atoms with van der Waals surface area (Å²) in [6.07, 6.45) is 1.45. The van der Waals surface area contributed by atoms with Crippen molar-refractivity contribution >= 4 is 28.7 Å². The first-order chi connectivity index (χ1) is 17.9. The molecule has 0 saturated heterocycles. The molecule has 0 spiro atoms. The molecule has 2 aromatic heterocycles. The lowest BCUT2D eigenvalue weighted by Gasteiger charge is -2.14. The van der Waals surface area contributed by atoms with Crippen LogP contribution in [0.25, 0.3) is 16.9 Å². The summed E-state index contributed by atoms with van der Waals surface area (Å²) in [6, 6.07) is 19.0. The van der Waals surface area contributed by atoms with Gasteiger partial charge in [0, 0.05) is 5.02 Å². The number of hydrogen-bond acceptors (Lipinski definition) is 5. The van der Waals surface area contributed by atoms with Gasteiger partial charge in [-0.15, -0.1) is 0 Å². The molecule has 10 heteroatoms.